The number of amides is 1. The Labute approximate surface area is 140 Å². The van der Waals surface area contributed by atoms with Crippen LogP contribution >= 0.6 is 0 Å². The number of nitrogens with one attached hydrogen (secondary N) is 1. The Morgan fingerprint density at radius 1 is 1.09 bits per heavy atom. The van der Waals surface area contributed by atoms with Crippen LogP contribution in [0.15, 0.2) is 0 Å². The first-order valence-corrected chi connectivity index (χ1v) is 8.78. The van der Waals surface area contributed by atoms with Gasteiger partial charge in [0.2, 0.25) is 0 Å². The highest BCUT2D eigenvalue weighted by Gasteiger charge is 2.23. The molecule has 0 aliphatic carbocycles. The highest BCUT2D eigenvalue weighted by Crippen LogP contribution is 2.12. The third-order valence-corrected chi connectivity index (χ3v) is 3.58. The predicted octanol–water partition coefficient (Wildman–Crippen LogP) is 2.42. The van der Waals surface area contributed by atoms with Crippen LogP contribution in [0, 0.1) is 0 Å². The first kappa shape index (κ1) is 20.2. The van der Waals surface area contributed by atoms with Crippen LogP contribution in [0.4, 0.5) is 4.79 Å². The van der Waals surface area contributed by atoms with Gasteiger partial charge in [-0.1, -0.05) is 6.92 Å². The van der Waals surface area contributed by atoms with E-state index in [2.05, 4.69) is 17.1 Å². The summed E-state index contributed by atoms with van der Waals surface area (Å²) in [5.74, 6) is 0. The molecule has 23 heavy (non-hydrogen) atoms. The van der Waals surface area contributed by atoms with Gasteiger partial charge in [-0.3, -0.25) is 0 Å². The van der Waals surface area contributed by atoms with Gasteiger partial charge in [0, 0.05) is 32.3 Å². The molecule has 6 heteroatoms. The molecule has 1 rings (SSSR count). The zero-order valence-electron chi connectivity index (χ0n) is 15.2. The van der Waals surface area contributed by atoms with Crippen molar-refractivity contribution in [1.82, 2.24) is 10.2 Å². The van der Waals surface area contributed by atoms with Gasteiger partial charge in [0.1, 0.15) is 5.60 Å². The molecule has 1 heterocycles. The number of likely N-dealkylation sites (tertiary alicyclic amines) is 1. The summed E-state index contributed by atoms with van der Waals surface area (Å²) >= 11 is 0. The standard InChI is InChI=1S/C17H34N2O4/c1-5-11-21-13-14-22-12-10-19-8-6-15(7-9-19)18-16(20)23-17(2,3)4/h15H,5-14H2,1-4H3,(H,18,20). The second-order valence-corrected chi connectivity index (χ2v) is 6.99. The summed E-state index contributed by atoms with van der Waals surface area (Å²) in [4.78, 5) is 14.1. The van der Waals surface area contributed by atoms with E-state index < -0.39 is 5.60 Å². The van der Waals surface area contributed by atoms with Gasteiger partial charge in [-0.2, -0.15) is 0 Å². The number of alkyl carbamates (subject to hydrolysis) is 1. The number of ether oxygens (including phenoxy) is 3. The van der Waals surface area contributed by atoms with Gasteiger partial charge in [0.25, 0.3) is 0 Å². The van der Waals surface area contributed by atoms with Crippen molar-refractivity contribution in [2.45, 2.75) is 58.6 Å². The highest BCUT2D eigenvalue weighted by atomic mass is 16.6. The van der Waals surface area contributed by atoms with Crippen molar-refractivity contribution in [3.63, 3.8) is 0 Å². The second-order valence-electron chi connectivity index (χ2n) is 6.99. The fraction of sp³-hybridized carbons (Fsp3) is 0.941. The topological polar surface area (TPSA) is 60.0 Å². The average molecular weight is 330 g/mol. The molecule has 0 saturated carbocycles. The largest absolute Gasteiger partial charge is 0.444 e. The maximum Gasteiger partial charge on any atom is 0.407 e. The summed E-state index contributed by atoms with van der Waals surface area (Å²) in [6, 6.07) is 0.212. The van der Waals surface area contributed by atoms with Gasteiger partial charge in [0.15, 0.2) is 0 Å². The molecule has 0 unspecified atom stereocenters. The number of nitrogens with zero attached hydrogens (tertiary/aromatic N) is 1. The number of hydrogen-bond donors (Lipinski definition) is 1. The number of carbonyl (C=O) groups is 1. The van der Waals surface area contributed by atoms with Crippen LogP contribution in [0.5, 0.6) is 0 Å². The van der Waals surface area contributed by atoms with E-state index in [4.69, 9.17) is 14.2 Å². The Kier molecular flexibility index (Phi) is 9.52. The zero-order chi connectivity index (χ0) is 17.1. The Balaban J connectivity index is 2.03. The molecule has 0 bridgehead atoms. The lowest BCUT2D eigenvalue weighted by Gasteiger charge is -2.32. The molecule has 0 radical (unpaired) electrons. The van der Waals surface area contributed by atoms with Gasteiger partial charge in [0.05, 0.1) is 19.8 Å². The normalized spacial score (nSPS) is 17.2. The number of rotatable bonds is 9. The van der Waals surface area contributed by atoms with Gasteiger partial charge < -0.3 is 24.4 Å². The lowest BCUT2D eigenvalue weighted by Crippen LogP contribution is -2.46. The van der Waals surface area contributed by atoms with Crippen molar-refractivity contribution in [1.29, 1.82) is 0 Å². The molecule has 1 amide bonds. The van der Waals surface area contributed by atoms with E-state index in [-0.39, 0.29) is 12.1 Å². The first-order chi connectivity index (χ1) is 10.9. The van der Waals surface area contributed by atoms with Gasteiger partial charge in [-0.15, -0.1) is 0 Å². The molecule has 1 N–H and O–H groups in total. The minimum atomic E-state index is -0.442. The fourth-order valence-electron chi connectivity index (χ4n) is 2.44. The van der Waals surface area contributed by atoms with Crippen LogP contribution < -0.4 is 5.32 Å². The van der Waals surface area contributed by atoms with Crippen molar-refractivity contribution < 1.29 is 19.0 Å². The van der Waals surface area contributed by atoms with Crippen molar-refractivity contribution in [3.05, 3.63) is 0 Å². The van der Waals surface area contributed by atoms with Crippen molar-refractivity contribution in [2.75, 3.05) is 46.1 Å². The molecule has 6 nitrogen and oxygen atoms in total. The Bertz CT molecular complexity index is 323. The van der Waals surface area contributed by atoms with E-state index >= 15 is 0 Å². The molecular formula is C17H34N2O4. The second kappa shape index (κ2) is 10.8. The summed E-state index contributed by atoms with van der Waals surface area (Å²) in [5.41, 5.74) is -0.442. The van der Waals surface area contributed by atoms with Crippen LogP contribution in [0.1, 0.15) is 47.0 Å². The smallest absolute Gasteiger partial charge is 0.407 e. The van der Waals surface area contributed by atoms with Crippen molar-refractivity contribution >= 4 is 6.09 Å². The third kappa shape index (κ3) is 10.5. The molecule has 0 aromatic heterocycles. The summed E-state index contributed by atoms with van der Waals surface area (Å²) in [6.07, 6.45) is 2.65. The lowest BCUT2D eigenvalue weighted by atomic mass is 10.1. The fourth-order valence-corrected chi connectivity index (χ4v) is 2.44. The molecule has 0 aromatic rings. The molecule has 1 aliphatic heterocycles. The average Bonchev–Trinajstić information content (AvgIpc) is 2.46. The van der Waals surface area contributed by atoms with Crippen LogP contribution in [0.3, 0.4) is 0 Å². The Morgan fingerprint density at radius 2 is 1.70 bits per heavy atom. The maximum absolute atomic E-state index is 11.7. The van der Waals surface area contributed by atoms with E-state index in [1.807, 2.05) is 20.8 Å². The quantitative estimate of drug-likeness (QED) is 0.658. The van der Waals surface area contributed by atoms with E-state index in [0.717, 1.165) is 52.1 Å². The van der Waals surface area contributed by atoms with Crippen molar-refractivity contribution in [3.8, 4) is 0 Å². The minimum Gasteiger partial charge on any atom is -0.444 e. The zero-order valence-corrected chi connectivity index (χ0v) is 15.2. The SMILES string of the molecule is CCCOCCOCCN1CCC(NC(=O)OC(C)(C)C)CC1. The number of hydrogen-bond acceptors (Lipinski definition) is 5. The highest BCUT2D eigenvalue weighted by molar-refractivity contribution is 5.68. The minimum absolute atomic E-state index is 0.212. The first-order valence-electron chi connectivity index (χ1n) is 8.78. The van der Waals surface area contributed by atoms with Crippen LogP contribution in [0.2, 0.25) is 0 Å². The molecule has 1 aliphatic rings. The molecule has 136 valence electrons. The molecule has 0 spiro atoms. The van der Waals surface area contributed by atoms with E-state index in [1.165, 1.54) is 0 Å². The van der Waals surface area contributed by atoms with Crippen LogP contribution in [0.25, 0.3) is 0 Å². The summed E-state index contributed by atoms with van der Waals surface area (Å²) in [6.45, 7) is 13.5. The monoisotopic (exact) mass is 330 g/mol. The van der Waals surface area contributed by atoms with Gasteiger partial charge in [-0.05, 0) is 40.0 Å². The van der Waals surface area contributed by atoms with Gasteiger partial charge in [-0.25, -0.2) is 4.79 Å². The van der Waals surface area contributed by atoms with Crippen LogP contribution in [-0.2, 0) is 14.2 Å². The Morgan fingerprint density at radius 3 is 2.26 bits per heavy atom. The number of carbonyl (C=O) groups excluding carboxylic acids is 1. The molecular weight excluding hydrogens is 296 g/mol. The number of piperidine rings is 1. The lowest BCUT2D eigenvalue weighted by molar-refractivity contribution is 0.0336. The predicted molar refractivity (Wildman–Crippen MR) is 90.8 cm³/mol. The van der Waals surface area contributed by atoms with E-state index in [1.54, 1.807) is 0 Å². The van der Waals surface area contributed by atoms with E-state index in [9.17, 15) is 4.79 Å². The third-order valence-electron chi connectivity index (χ3n) is 3.58. The van der Waals surface area contributed by atoms with Crippen molar-refractivity contribution in [2.24, 2.45) is 0 Å². The van der Waals surface area contributed by atoms with E-state index in [0.29, 0.717) is 13.2 Å². The van der Waals surface area contributed by atoms with Crippen LogP contribution in [-0.4, -0.2) is 68.7 Å². The summed E-state index contributed by atoms with van der Waals surface area (Å²) < 4.78 is 16.2. The molecule has 1 saturated heterocycles. The summed E-state index contributed by atoms with van der Waals surface area (Å²) in [7, 11) is 0. The Hall–Kier alpha value is -0.850. The summed E-state index contributed by atoms with van der Waals surface area (Å²) in [5, 5.41) is 2.96. The molecule has 1 fully saturated rings. The van der Waals surface area contributed by atoms with Gasteiger partial charge >= 0.3 is 6.09 Å². The maximum atomic E-state index is 11.7. The molecule has 0 atom stereocenters. The molecule has 0 aromatic carbocycles.